The first-order valence-electron chi connectivity index (χ1n) is 5.98. The van der Waals surface area contributed by atoms with Crippen LogP contribution in [0, 0.1) is 6.92 Å². The molecule has 2 aromatic rings. The fourth-order valence-electron chi connectivity index (χ4n) is 1.64. The third-order valence-electron chi connectivity index (χ3n) is 2.56. The first kappa shape index (κ1) is 14.7. The van der Waals surface area contributed by atoms with Crippen LogP contribution in [0.4, 0.5) is 5.82 Å². The molecule has 2 aromatic heterocycles. The molecule has 0 unspecified atom stereocenters. The number of rotatable bonds is 5. The van der Waals surface area contributed by atoms with E-state index in [9.17, 15) is 8.42 Å². The molecule has 9 heteroatoms. The van der Waals surface area contributed by atoms with Gasteiger partial charge < -0.3 is 4.57 Å². The normalized spacial score (nSPS) is 11.6. The van der Waals surface area contributed by atoms with Crippen molar-refractivity contribution in [1.29, 1.82) is 0 Å². The van der Waals surface area contributed by atoms with Crippen LogP contribution in [0.5, 0.6) is 0 Å². The summed E-state index contributed by atoms with van der Waals surface area (Å²) in [7, 11) is -3.77. The van der Waals surface area contributed by atoms with E-state index in [0.29, 0.717) is 5.82 Å². The quantitative estimate of drug-likeness (QED) is 0.909. The Morgan fingerprint density at radius 2 is 2.10 bits per heavy atom. The standard InChI is InChI=1S/C11H14ClN5O2S/c1-3-6-17-7-11(13-8(17)2)20(18,19)16-10-5-4-9(12)14-15-10/h4-5,7H,3,6H2,1-2H3,(H,15,16). The van der Waals surface area contributed by atoms with E-state index in [-0.39, 0.29) is 16.0 Å². The Hall–Kier alpha value is -1.67. The van der Waals surface area contributed by atoms with Crippen molar-refractivity contribution in [2.24, 2.45) is 0 Å². The summed E-state index contributed by atoms with van der Waals surface area (Å²) < 4.78 is 28.4. The van der Waals surface area contributed by atoms with Gasteiger partial charge >= 0.3 is 0 Å². The van der Waals surface area contributed by atoms with Crippen LogP contribution in [0.1, 0.15) is 19.2 Å². The monoisotopic (exact) mass is 315 g/mol. The highest BCUT2D eigenvalue weighted by Gasteiger charge is 2.19. The molecule has 0 saturated carbocycles. The third-order valence-corrected chi connectivity index (χ3v) is 3.99. The molecule has 0 atom stereocenters. The van der Waals surface area contributed by atoms with E-state index in [1.165, 1.54) is 18.3 Å². The number of sulfonamides is 1. The smallest absolute Gasteiger partial charge is 0.282 e. The van der Waals surface area contributed by atoms with Crippen LogP contribution >= 0.6 is 11.6 Å². The molecule has 0 aliphatic carbocycles. The zero-order valence-electron chi connectivity index (χ0n) is 11.0. The lowest BCUT2D eigenvalue weighted by atomic mass is 10.5. The van der Waals surface area contributed by atoms with Gasteiger partial charge in [0.2, 0.25) is 0 Å². The van der Waals surface area contributed by atoms with Gasteiger partial charge in [-0.1, -0.05) is 18.5 Å². The molecule has 7 nitrogen and oxygen atoms in total. The average Bonchev–Trinajstić information content (AvgIpc) is 2.75. The molecule has 2 heterocycles. The van der Waals surface area contributed by atoms with Crippen molar-refractivity contribution in [1.82, 2.24) is 19.7 Å². The van der Waals surface area contributed by atoms with Gasteiger partial charge in [0.15, 0.2) is 16.0 Å². The van der Waals surface area contributed by atoms with Crippen LogP contribution < -0.4 is 4.72 Å². The number of hydrogen-bond donors (Lipinski definition) is 1. The fraction of sp³-hybridized carbons (Fsp3) is 0.364. The van der Waals surface area contributed by atoms with Gasteiger partial charge in [0.25, 0.3) is 10.0 Å². The Bertz CT molecular complexity index is 696. The van der Waals surface area contributed by atoms with Crippen molar-refractivity contribution in [2.45, 2.75) is 31.8 Å². The lowest BCUT2D eigenvalue weighted by Crippen LogP contribution is -2.14. The van der Waals surface area contributed by atoms with Crippen molar-refractivity contribution in [3.8, 4) is 0 Å². The minimum Gasteiger partial charge on any atom is -0.334 e. The number of hydrogen-bond acceptors (Lipinski definition) is 5. The van der Waals surface area contributed by atoms with Gasteiger partial charge in [0, 0.05) is 12.7 Å². The molecule has 0 bridgehead atoms. The van der Waals surface area contributed by atoms with E-state index in [0.717, 1.165) is 13.0 Å². The van der Waals surface area contributed by atoms with Gasteiger partial charge in [-0.25, -0.2) is 4.98 Å². The molecular weight excluding hydrogens is 302 g/mol. The predicted octanol–water partition coefficient (Wildman–Crippen LogP) is 1.85. The number of aromatic nitrogens is 4. The van der Waals surface area contributed by atoms with E-state index < -0.39 is 10.0 Å². The van der Waals surface area contributed by atoms with Gasteiger partial charge in [0.05, 0.1) is 0 Å². The number of nitrogens with zero attached hydrogens (tertiary/aromatic N) is 4. The summed E-state index contributed by atoms with van der Waals surface area (Å²) in [6, 6.07) is 2.89. The Morgan fingerprint density at radius 3 is 2.70 bits per heavy atom. The maximum absolute atomic E-state index is 12.2. The summed E-state index contributed by atoms with van der Waals surface area (Å²) in [5.74, 6) is 0.742. The molecule has 0 aliphatic heterocycles. The first-order valence-corrected chi connectivity index (χ1v) is 7.84. The molecule has 0 saturated heterocycles. The molecule has 0 fully saturated rings. The second-order valence-electron chi connectivity index (χ2n) is 4.17. The zero-order chi connectivity index (χ0) is 14.8. The lowest BCUT2D eigenvalue weighted by Gasteiger charge is -2.03. The second-order valence-corrected chi connectivity index (χ2v) is 6.18. The maximum Gasteiger partial charge on any atom is 0.282 e. The number of aryl methyl sites for hydroxylation is 2. The van der Waals surface area contributed by atoms with Crippen molar-refractivity contribution >= 4 is 27.4 Å². The molecule has 0 radical (unpaired) electrons. The van der Waals surface area contributed by atoms with E-state index in [1.807, 2.05) is 6.92 Å². The summed E-state index contributed by atoms with van der Waals surface area (Å²) in [5.41, 5.74) is 0. The van der Waals surface area contributed by atoms with E-state index in [4.69, 9.17) is 11.6 Å². The number of anilines is 1. The third kappa shape index (κ3) is 3.26. The van der Waals surface area contributed by atoms with Crippen LogP contribution in [-0.2, 0) is 16.6 Å². The molecule has 2 rings (SSSR count). The fourth-order valence-corrected chi connectivity index (χ4v) is 2.74. The minimum absolute atomic E-state index is 0.0415. The van der Waals surface area contributed by atoms with Crippen molar-refractivity contribution in [2.75, 3.05) is 4.72 Å². The minimum atomic E-state index is -3.77. The topological polar surface area (TPSA) is 89.8 Å². The van der Waals surface area contributed by atoms with E-state index >= 15 is 0 Å². The summed E-state index contributed by atoms with van der Waals surface area (Å²) in [4.78, 5) is 4.05. The van der Waals surface area contributed by atoms with Gasteiger partial charge in [-0.05, 0) is 25.5 Å². The Morgan fingerprint density at radius 1 is 1.35 bits per heavy atom. The molecule has 0 aliphatic rings. The zero-order valence-corrected chi connectivity index (χ0v) is 12.6. The summed E-state index contributed by atoms with van der Waals surface area (Å²) in [5, 5.41) is 7.37. The number of imidazole rings is 1. The molecule has 108 valence electrons. The summed E-state index contributed by atoms with van der Waals surface area (Å²) in [6.45, 7) is 4.49. The summed E-state index contributed by atoms with van der Waals surface area (Å²) in [6.07, 6.45) is 2.40. The van der Waals surface area contributed by atoms with Crippen molar-refractivity contribution in [3.05, 3.63) is 29.3 Å². The lowest BCUT2D eigenvalue weighted by molar-refractivity contribution is 0.597. The van der Waals surface area contributed by atoms with Crippen LogP contribution in [0.25, 0.3) is 0 Å². The maximum atomic E-state index is 12.2. The van der Waals surface area contributed by atoms with Crippen LogP contribution in [0.2, 0.25) is 5.15 Å². The second kappa shape index (κ2) is 5.76. The number of halogens is 1. The largest absolute Gasteiger partial charge is 0.334 e. The highest BCUT2D eigenvalue weighted by molar-refractivity contribution is 7.92. The van der Waals surface area contributed by atoms with Gasteiger partial charge in [0.1, 0.15) is 5.82 Å². The van der Waals surface area contributed by atoms with Crippen LogP contribution in [0.15, 0.2) is 23.4 Å². The van der Waals surface area contributed by atoms with Gasteiger partial charge in [-0.3, -0.25) is 4.72 Å². The SMILES string of the molecule is CCCn1cc(S(=O)(=O)Nc2ccc(Cl)nn2)nc1C. The Balaban J connectivity index is 2.26. The highest BCUT2D eigenvalue weighted by Crippen LogP contribution is 2.14. The molecule has 1 N–H and O–H groups in total. The molecule has 0 aromatic carbocycles. The van der Waals surface area contributed by atoms with Crippen molar-refractivity contribution in [3.63, 3.8) is 0 Å². The number of nitrogens with one attached hydrogen (secondary N) is 1. The molecular formula is C11H14ClN5O2S. The molecule has 0 spiro atoms. The first-order chi connectivity index (χ1) is 9.42. The van der Waals surface area contributed by atoms with E-state index in [1.54, 1.807) is 11.5 Å². The predicted molar refractivity (Wildman–Crippen MR) is 75.1 cm³/mol. The Labute approximate surface area is 122 Å². The highest BCUT2D eigenvalue weighted by atomic mass is 35.5. The molecule has 20 heavy (non-hydrogen) atoms. The van der Waals surface area contributed by atoms with Gasteiger partial charge in [-0.2, -0.15) is 8.42 Å². The van der Waals surface area contributed by atoms with E-state index in [2.05, 4.69) is 19.9 Å². The van der Waals surface area contributed by atoms with Crippen molar-refractivity contribution < 1.29 is 8.42 Å². The van der Waals surface area contributed by atoms with Crippen LogP contribution in [-0.4, -0.2) is 28.2 Å². The summed E-state index contributed by atoms with van der Waals surface area (Å²) >= 11 is 5.59. The Kier molecular flexibility index (Phi) is 4.24. The molecule has 0 amide bonds. The van der Waals surface area contributed by atoms with Crippen LogP contribution in [0.3, 0.4) is 0 Å². The average molecular weight is 316 g/mol. The van der Waals surface area contributed by atoms with Gasteiger partial charge in [-0.15, -0.1) is 10.2 Å².